The number of rotatable bonds is 8. The van der Waals surface area contributed by atoms with Crippen molar-refractivity contribution in [2.24, 2.45) is 5.92 Å². The fourth-order valence-corrected chi connectivity index (χ4v) is 5.75. The van der Waals surface area contributed by atoms with Crippen molar-refractivity contribution in [1.82, 2.24) is 15.2 Å². The summed E-state index contributed by atoms with van der Waals surface area (Å²) in [5, 5.41) is 12.0. The molecule has 0 bridgehead atoms. The van der Waals surface area contributed by atoms with Crippen LogP contribution in [0.5, 0.6) is 0 Å². The molecular formula is C29H32N4O3S. The quantitative estimate of drug-likeness (QED) is 0.475. The molecule has 2 aromatic carbocycles. The van der Waals surface area contributed by atoms with Gasteiger partial charge in [0.25, 0.3) is 5.91 Å². The van der Waals surface area contributed by atoms with Crippen LogP contribution in [0.3, 0.4) is 0 Å². The van der Waals surface area contributed by atoms with E-state index < -0.39 is 9.84 Å². The summed E-state index contributed by atoms with van der Waals surface area (Å²) in [5.74, 6) is 0.276. The summed E-state index contributed by atoms with van der Waals surface area (Å²) in [7, 11) is -3.24. The monoisotopic (exact) mass is 516 g/mol. The van der Waals surface area contributed by atoms with Gasteiger partial charge in [0.15, 0.2) is 9.84 Å². The van der Waals surface area contributed by atoms with E-state index in [-0.39, 0.29) is 17.7 Å². The lowest BCUT2D eigenvalue weighted by Crippen LogP contribution is -2.38. The lowest BCUT2D eigenvalue weighted by Gasteiger charge is -2.39. The minimum absolute atomic E-state index is 0.0587. The second-order valence-electron chi connectivity index (χ2n) is 9.70. The largest absolute Gasteiger partial charge is 0.348 e. The summed E-state index contributed by atoms with van der Waals surface area (Å²) in [6.07, 6.45) is 2.45. The fraction of sp³-hybridized carbons (Fsp3) is 0.345. The summed E-state index contributed by atoms with van der Waals surface area (Å²) in [5.41, 5.74) is 5.37. The molecule has 1 unspecified atom stereocenters. The average molecular weight is 517 g/mol. The van der Waals surface area contributed by atoms with Gasteiger partial charge in [-0.05, 0) is 65.4 Å². The average Bonchev–Trinajstić information content (AvgIpc) is 2.91. The minimum atomic E-state index is -3.24. The number of pyridine rings is 1. The maximum atomic E-state index is 12.9. The molecule has 0 saturated carbocycles. The van der Waals surface area contributed by atoms with Gasteiger partial charge in [0.05, 0.1) is 21.9 Å². The molecule has 37 heavy (non-hydrogen) atoms. The SMILES string of the molecule is CCS(=O)(=O)c1ccc(CNC(=O)c2ccc3c(c2)CCN(Cc2ccc(C#N)cn2)C3C(C)C)cc1. The summed E-state index contributed by atoms with van der Waals surface area (Å²) in [6, 6.07) is 18.6. The van der Waals surface area contributed by atoms with Crippen LogP contribution in [0, 0.1) is 17.2 Å². The third kappa shape index (κ3) is 6.07. The number of carbonyl (C=O) groups is 1. The molecule has 0 radical (unpaired) electrons. The Bertz CT molecular complexity index is 1410. The van der Waals surface area contributed by atoms with E-state index in [2.05, 4.69) is 41.2 Å². The fourth-order valence-electron chi connectivity index (χ4n) is 4.87. The number of fused-ring (bicyclic) bond motifs is 1. The molecule has 1 aromatic heterocycles. The van der Waals surface area contributed by atoms with Crippen LogP contribution in [-0.2, 0) is 29.3 Å². The highest BCUT2D eigenvalue weighted by atomic mass is 32.2. The summed E-state index contributed by atoms with van der Waals surface area (Å²) in [4.78, 5) is 20.1. The van der Waals surface area contributed by atoms with Crippen molar-refractivity contribution in [3.05, 3.63) is 94.3 Å². The molecule has 0 saturated heterocycles. The molecule has 192 valence electrons. The normalized spacial score (nSPS) is 15.7. The van der Waals surface area contributed by atoms with Crippen LogP contribution in [0.1, 0.15) is 65.1 Å². The maximum absolute atomic E-state index is 12.9. The number of aromatic nitrogens is 1. The van der Waals surface area contributed by atoms with E-state index in [0.717, 1.165) is 24.2 Å². The molecule has 0 spiro atoms. The number of nitrogens with one attached hydrogen (secondary N) is 1. The molecular weight excluding hydrogens is 484 g/mol. The van der Waals surface area contributed by atoms with Crippen molar-refractivity contribution >= 4 is 15.7 Å². The molecule has 1 atom stereocenters. The van der Waals surface area contributed by atoms with Crippen molar-refractivity contribution in [2.75, 3.05) is 12.3 Å². The molecule has 1 amide bonds. The molecule has 2 heterocycles. The third-order valence-electron chi connectivity index (χ3n) is 6.85. The van der Waals surface area contributed by atoms with Gasteiger partial charge in [0.2, 0.25) is 0 Å². The number of hydrogen-bond donors (Lipinski definition) is 1. The molecule has 7 nitrogen and oxygen atoms in total. The van der Waals surface area contributed by atoms with E-state index in [9.17, 15) is 13.2 Å². The number of carbonyl (C=O) groups excluding carboxylic acids is 1. The van der Waals surface area contributed by atoms with Crippen LogP contribution in [-0.4, -0.2) is 36.5 Å². The van der Waals surface area contributed by atoms with Gasteiger partial charge in [0, 0.05) is 37.4 Å². The molecule has 4 rings (SSSR count). The molecule has 3 aromatic rings. The number of hydrogen-bond acceptors (Lipinski definition) is 6. The van der Waals surface area contributed by atoms with E-state index >= 15 is 0 Å². The third-order valence-corrected chi connectivity index (χ3v) is 8.60. The summed E-state index contributed by atoms with van der Waals surface area (Å²) < 4.78 is 24.0. The van der Waals surface area contributed by atoms with Crippen molar-refractivity contribution in [3.8, 4) is 6.07 Å². The Morgan fingerprint density at radius 1 is 1.16 bits per heavy atom. The van der Waals surface area contributed by atoms with Crippen molar-refractivity contribution in [1.29, 1.82) is 5.26 Å². The Labute approximate surface area is 219 Å². The van der Waals surface area contributed by atoms with Crippen LogP contribution in [0.25, 0.3) is 0 Å². The highest BCUT2D eigenvalue weighted by Crippen LogP contribution is 2.36. The van der Waals surface area contributed by atoms with E-state index in [1.807, 2.05) is 18.2 Å². The second-order valence-corrected chi connectivity index (χ2v) is 12.0. The first-order chi connectivity index (χ1) is 17.7. The van der Waals surface area contributed by atoms with E-state index in [0.29, 0.717) is 35.0 Å². The van der Waals surface area contributed by atoms with Gasteiger partial charge >= 0.3 is 0 Å². The maximum Gasteiger partial charge on any atom is 0.251 e. The first-order valence-electron chi connectivity index (χ1n) is 12.5. The Balaban J connectivity index is 1.45. The van der Waals surface area contributed by atoms with Crippen LogP contribution >= 0.6 is 0 Å². The minimum Gasteiger partial charge on any atom is -0.348 e. The van der Waals surface area contributed by atoms with Crippen molar-refractivity contribution in [2.45, 2.75) is 51.2 Å². The van der Waals surface area contributed by atoms with Gasteiger partial charge in [-0.15, -0.1) is 0 Å². The van der Waals surface area contributed by atoms with E-state index in [4.69, 9.17) is 5.26 Å². The number of benzene rings is 2. The number of nitrogens with zero attached hydrogens (tertiary/aromatic N) is 3. The van der Waals surface area contributed by atoms with Gasteiger partial charge in [0.1, 0.15) is 6.07 Å². The Kier molecular flexibility index (Phi) is 8.06. The lowest BCUT2D eigenvalue weighted by molar-refractivity contribution is 0.0950. The molecule has 1 aliphatic rings. The van der Waals surface area contributed by atoms with Crippen molar-refractivity contribution in [3.63, 3.8) is 0 Å². The number of amides is 1. The van der Waals surface area contributed by atoms with Gasteiger partial charge in [-0.1, -0.05) is 39.0 Å². The predicted molar refractivity (Wildman–Crippen MR) is 142 cm³/mol. The standard InChI is InChI=1S/C29H32N4O3S/c1-4-37(35,36)26-10-6-21(7-11-26)17-32-29(34)24-8-12-27-23(15-24)13-14-33(28(27)20(2)3)19-25-9-5-22(16-30)18-31-25/h5-12,15,18,20,28H,4,13-14,17,19H2,1-3H3,(H,32,34). The van der Waals surface area contributed by atoms with Crippen LogP contribution in [0.4, 0.5) is 0 Å². The van der Waals surface area contributed by atoms with E-state index in [1.54, 1.807) is 43.5 Å². The first kappa shape index (κ1) is 26.5. The highest BCUT2D eigenvalue weighted by molar-refractivity contribution is 7.91. The number of nitriles is 1. The summed E-state index contributed by atoms with van der Waals surface area (Å²) in [6.45, 7) is 7.91. The molecule has 1 aliphatic heterocycles. The van der Waals surface area contributed by atoms with Gasteiger partial charge in [-0.2, -0.15) is 5.26 Å². The Morgan fingerprint density at radius 3 is 2.54 bits per heavy atom. The number of sulfone groups is 1. The van der Waals surface area contributed by atoms with Gasteiger partial charge < -0.3 is 5.32 Å². The highest BCUT2D eigenvalue weighted by Gasteiger charge is 2.30. The zero-order valence-corrected chi connectivity index (χ0v) is 22.3. The van der Waals surface area contributed by atoms with Crippen LogP contribution < -0.4 is 5.32 Å². The zero-order chi connectivity index (χ0) is 26.6. The van der Waals surface area contributed by atoms with Crippen molar-refractivity contribution < 1.29 is 13.2 Å². The second kappa shape index (κ2) is 11.2. The van der Waals surface area contributed by atoms with Gasteiger partial charge in [-0.25, -0.2) is 8.42 Å². The van der Waals surface area contributed by atoms with Crippen LogP contribution in [0.2, 0.25) is 0 Å². The van der Waals surface area contributed by atoms with E-state index in [1.165, 1.54) is 11.1 Å². The molecule has 0 aliphatic carbocycles. The first-order valence-corrected chi connectivity index (χ1v) is 14.2. The molecule has 1 N–H and O–H groups in total. The zero-order valence-electron chi connectivity index (χ0n) is 21.4. The smallest absolute Gasteiger partial charge is 0.251 e. The van der Waals surface area contributed by atoms with Gasteiger partial charge in [-0.3, -0.25) is 14.7 Å². The Hall–Kier alpha value is -3.54. The molecule has 0 fully saturated rings. The lowest BCUT2D eigenvalue weighted by atomic mass is 9.85. The van der Waals surface area contributed by atoms with Crippen LogP contribution in [0.15, 0.2) is 65.7 Å². The summed E-state index contributed by atoms with van der Waals surface area (Å²) >= 11 is 0. The Morgan fingerprint density at radius 2 is 1.92 bits per heavy atom. The topological polar surface area (TPSA) is 103 Å². The molecule has 8 heteroatoms. The predicted octanol–water partition coefficient (Wildman–Crippen LogP) is 4.43.